The number of carbonyl (C=O) groups is 4. The van der Waals surface area contributed by atoms with E-state index in [1.54, 1.807) is 93.5 Å². The highest BCUT2D eigenvalue weighted by molar-refractivity contribution is 5.95. The highest BCUT2D eigenvalue weighted by Crippen LogP contribution is 2.35. The van der Waals surface area contributed by atoms with Gasteiger partial charge in [0.1, 0.15) is 60.6 Å². The number of benzene rings is 6. The fourth-order valence-electron chi connectivity index (χ4n) is 7.30. The molecule has 17 heteroatoms. The molecule has 1 amide bonds. The van der Waals surface area contributed by atoms with E-state index in [1.165, 1.54) is 19.8 Å². The van der Waals surface area contributed by atoms with Gasteiger partial charge in [-0.25, -0.2) is 15.1 Å². The maximum atomic E-state index is 11.7. The average Bonchev–Trinajstić information content (AvgIpc) is 3.43. The summed E-state index contributed by atoms with van der Waals surface area (Å²) in [5, 5.41) is 11.9. The van der Waals surface area contributed by atoms with Gasteiger partial charge in [-0.2, -0.15) is 0 Å². The van der Waals surface area contributed by atoms with Crippen molar-refractivity contribution < 1.29 is 62.3 Å². The van der Waals surface area contributed by atoms with Gasteiger partial charge in [-0.1, -0.05) is 24.3 Å². The molecule has 0 aliphatic carbocycles. The molecule has 366 valence electrons. The van der Waals surface area contributed by atoms with E-state index >= 15 is 0 Å². The molecule has 3 aliphatic rings. The summed E-state index contributed by atoms with van der Waals surface area (Å²) in [6, 6.07) is 38.4. The molecule has 6 aromatic carbocycles. The van der Waals surface area contributed by atoms with Gasteiger partial charge in [0.05, 0.1) is 76.8 Å². The first-order valence-corrected chi connectivity index (χ1v) is 22.1. The molecule has 0 saturated heterocycles. The van der Waals surface area contributed by atoms with E-state index in [-0.39, 0.29) is 11.9 Å². The SMILES string of the molecule is COC(=O)c1ccc2c(c1)N(Cc1ccc(OC)cc1)CCO2.COC(=O)c1ccc2c(c1)NCCO2.COc1ccc(C=O)cc1.COc1ccc(CN2CCOc3ccc(C(=O)NO)cc32)cc1. The molecule has 3 N–H and O–H groups in total. The number of ether oxygens (including phenoxy) is 8. The summed E-state index contributed by atoms with van der Waals surface area (Å²) >= 11 is 0. The molecule has 0 radical (unpaired) electrons. The van der Waals surface area contributed by atoms with Gasteiger partial charge in [-0.05, 0) is 114 Å². The van der Waals surface area contributed by atoms with Crippen LogP contribution in [0.1, 0.15) is 52.6 Å². The van der Waals surface area contributed by atoms with Gasteiger partial charge in [-0.15, -0.1) is 0 Å². The van der Waals surface area contributed by atoms with Crippen molar-refractivity contribution in [1.82, 2.24) is 5.48 Å². The van der Waals surface area contributed by atoms with Crippen molar-refractivity contribution in [2.45, 2.75) is 13.1 Å². The van der Waals surface area contributed by atoms with Crippen LogP contribution in [0.15, 0.2) is 127 Å². The summed E-state index contributed by atoms with van der Waals surface area (Å²) in [5.41, 5.74) is 8.67. The standard InChI is InChI=1S/C18H19NO4.C17H18N2O4.C10H11NO3.C8H8O2/c1-21-15-6-3-13(4-7-15)12-19-9-10-23-17-8-5-14(11-16(17)19)18(20)22-2;1-22-14-5-2-12(3-6-14)11-19-8-9-23-16-7-4-13(10-15(16)19)17(20)18-21;1-13-10(12)7-2-3-9-8(6-7)11-4-5-14-9;1-10-8-4-2-7(6-9)3-5-8/h3-8,11H,9-10,12H2,1-2H3;2-7,10,21H,8-9,11H2,1H3,(H,18,20);2-3,6,11H,4-5H2,1H3;2-6H,1H3. The second-order valence-corrected chi connectivity index (χ2v) is 15.4. The Balaban J connectivity index is 0.000000161. The minimum atomic E-state index is -0.539. The number of amides is 1. The molecular formula is C53H56N4O13. The molecule has 0 saturated carbocycles. The van der Waals surface area contributed by atoms with Gasteiger partial charge >= 0.3 is 11.9 Å². The lowest BCUT2D eigenvalue weighted by Crippen LogP contribution is -2.32. The number of hydrogen-bond acceptors (Lipinski definition) is 16. The number of hydrogen-bond donors (Lipinski definition) is 3. The Hall–Kier alpha value is -8.44. The molecule has 3 heterocycles. The third kappa shape index (κ3) is 13.8. The summed E-state index contributed by atoms with van der Waals surface area (Å²) < 4.78 is 41.4. The van der Waals surface area contributed by atoms with Gasteiger partial charge < -0.3 is 53.0 Å². The molecule has 0 spiro atoms. The van der Waals surface area contributed by atoms with Crippen molar-refractivity contribution in [2.24, 2.45) is 0 Å². The number of rotatable bonds is 11. The maximum absolute atomic E-state index is 11.7. The van der Waals surface area contributed by atoms with Crippen LogP contribution in [0.25, 0.3) is 0 Å². The van der Waals surface area contributed by atoms with E-state index in [4.69, 9.17) is 38.4 Å². The smallest absolute Gasteiger partial charge is 0.337 e. The fraction of sp³-hybridized carbons (Fsp3) is 0.245. The number of fused-ring (bicyclic) bond motifs is 3. The molecule has 0 bridgehead atoms. The molecule has 0 aromatic heterocycles. The number of aldehydes is 1. The number of methoxy groups -OCH3 is 5. The Morgan fingerprint density at radius 2 is 1.00 bits per heavy atom. The molecule has 0 fully saturated rings. The number of anilines is 3. The fourth-order valence-corrected chi connectivity index (χ4v) is 7.30. The molecular weight excluding hydrogens is 901 g/mol. The Morgan fingerprint density at radius 3 is 1.46 bits per heavy atom. The summed E-state index contributed by atoms with van der Waals surface area (Å²) in [7, 11) is 7.64. The number of esters is 2. The van der Waals surface area contributed by atoms with Gasteiger partial charge in [0.2, 0.25) is 0 Å². The van der Waals surface area contributed by atoms with Crippen LogP contribution in [0.2, 0.25) is 0 Å². The number of carbonyl (C=O) groups excluding carboxylic acids is 4. The van der Waals surface area contributed by atoms with E-state index in [0.717, 1.165) is 89.6 Å². The highest BCUT2D eigenvalue weighted by atomic mass is 16.5. The van der Waals surface area contributed by atoms with Crippen molar-refractivity contribution in [3.05, 3.63) is 161 Å². The van der Waals surface area contributed by atoms with E-state index in [0.29, 0.717) is 48.6 Å². The van der Waals surface area contributed by atoms with Crippen molar-refractivity contribution >= 4 is 41.2 Å². The van der Waals surface area contributed by atoms with Gasteiger partial charge in [0.25, 0.3) is 5.91 Å². The first-order chi connectivity index (χ1) is 34.1. The van der Waals surface area contributed by atoms with E-state index in [1.807, 2.05) is 60.7 Å². The van der Waals surface area contributed by atoms with Crippen LogP contribution in [-0.4, -0.2) is 104 Å². The van der Waals surface area contributed by atoms with Crippen LogP contribution in [0.3, 0.4) is 0 Å². The van der Waals surface area contributed by atoms with Crippen LogP contribution >= 0.6 is 0 Å². The lowest BCUT2D eigenvalue weighted by Gasteiger charge is -2.31. The number of nitrogens with one attached hydrogen (secondary N) is 2. The zero-order chi connectivity index (χ0) is 49.8. The summed E-state index contributed by atoms with van der Waals surface area (Å²) in [4.78, 5) is 49.1. The molecule has 6 aromatic rings. The summed E-state index contributed by atoms with van der Waals surface area (Å²) in [6.07, 6.45) is 0.805. The second-order valence-electron chi connectivity index (χ2n) is 15.4. The number of nitrogens with zero attached hydrogens (tertiary/aromatic N) is 2. The lowest BCUT2D eigenvalue weighted by molar-refractivity contribution is 0.0592. The molecule has 17 nitrogen and oxygen atoms in total. The van der Waals surface area contributed by atoms with Crippen LogP contribution in [0, 0.1) is 0 Å². The first kappa shape index (κ1) is 51.0. The second kappa shape index (κ2) is 25.6. The molecule has 70 heavy (non-hydrogen) atoms. The van der Waals surface area contributed by atoms with E-state index < -0.39 is 5.91 Å². The quantitative estimate of drug-likeness (QED) is 0.0491. The maximum Gasteiger partial charge on any atom is 0.337 e. The molecule has 3 aliphatic heterocycles. The van der Waals surface area contributed by atoms with E-state index in [2.05, 4.69) is 19.9 Å². The minimum absolute atomic E-state index is 0.333. The predicted octanol–water partition coefficient (Wildman–Crippen LogP) is 7.88. The van der Waals surface area contributed by atoms with Crippen LogP contribution in [0.5, 0.6) is 34.5 Å². The zero-order valence-electron chi connectivity index (χ0n) is 39.6. The Morgan fingerprint density at radius 1 is 0.571 bits per heavy atom. The molecule has 0 unspecified atom stereocenters. The van der Waals surface area contributed by atoms with Crippen molar-refractivity contribution in [1.29, 1.82) is 0 Å². The van der Waals surface area contributed by atoms with E-state index in [9.17, 15) is 19.2 Å². The van der Waals surface area contributed by atoms with Crippen LogP contribution in [-0.2, 0) is 22.6 Å². The predicted molar refractivity (Wildman–Crippen MR) is 263 cm³/mol. The summed E-state index contributed by atoms with van der Waals surface area (Å²) in [5.74, 6) is 3.51. The van der Waals surface area contributed by atoms with Crippen LogP contribution in [0.4, 0.5) is 17.1 Å². The van der Waals surface area contributed by atoms with Crippen molar-refractivity contribution in [3.63, 3.8) is 0 Å². The Labute approximate surface area is 406 Å². The normalized spacial score (nSPS) is 12.5. The largest absolute Gasteiger partial charge is 0.497 e. The third-order valence-corrected chi connectivity index (χ3v) is 11.0. The highest BCUT2D eigenvalue weighted by Gasteiger charge is 2.22. The van der Waals surface area contributed by atoms with Crippen molar-refractivity contribution in [2.75, 3.05) is 90.1 Å². The van der Waals surface area contributed by atoms with Gasteiger partial charge in [0.15, 0.2) is 0 Å². The first-order valence-electron chi connectivity index (χ1n) is 22.1. The van der Waals surface area contributed by atoms with Gasteiger partial charge in [-0.3, -0.25) is 14.8 Å². The van der Waals surface area contributed by atoms with Crippen LogP contribution < -0.4 is 49.0 Å². The van der Waals surface area contributed by atoms with Gasteiger partial charge in [0, 0.05) is 30.8 Å². The lowest BCUT2D eigenvalue weighted by atomic mass is 10.1. The Kier molecular flexibility index (Phi) is 18.7. The summed E-state index contributed by atoms with van der Waals surface area (Å²) in [6.45, 7) is 5.57. The Bertz CT molecular complexity index is 2560. The topological polar surface area (TPSA) is 193 Å². The molecule has 0 atom stereocenters. The minimum Gasteiger partial charge on any atom is -0.497 e. The molecule has 9 rings (SSSR count). The third-order valence-electron chi connectivity index (χ3n) is 11.0. The number of hydroxylamine groups is 1. The van der Waals surface area contributed by atoms with Crippen molar-refractivity contribution in [3.8, 4) is 34.5 Å². The monoisotopic (exact) mass is 956 g/mol. The average molecular weight is 957 g/mol. The zero-order valence-corrected chi connectivity index (χ0v) is 39.6.